The molecule has 4 heteroatoms. The molecule has 1 heterocycles. The van der Waals surface area contributed by atoms with Crippen LogP contribution >= 0.6 is 0 Å². The lowest BCUT2D eigenvalue weighted by Gasteiger charge is -2.38. The summed E-state index contributed by atoms with van der Waals surface area (Å²) < 4.78 is 5.50. The van der Waals surface area contributed by atoms with E-state index in [2.05, 4.69) is 46.8 Å². The van der Waals surface area contributed by atoms with Gasteiger partial charge in [-0.25, -0.2) is 0 Å². The second-order valence-corrected chi connectivity index (χ2v) is 5.02. The smallest absolute Gasteiger partial charge is 0.119 e. The Labute approximate surface area is 116 Å². The molecule has 0 amide bonds. The van der Waals surface area contributed by atoms with Crippen LogP contribution in [0.1, 0.15) is 18.5 Å². The van der Waals surface area contributed by atoms with Gasteiger partial charge < -0.3 is 15.4 Å². The first kappa shape index (κ1) is 14.3. The molecule has 1 fully saturated rings. The first-order valence-corrected chi connectivity index (χ1v) is 7.07. The van der Waals surface area contributed by atoms with Crippen molar-refractivity contribution in [3.63, 3.8) is 0 Å². The van der Waals surface area contributed by atoms with Crippen molar-refractivity contribution in [2.75, 3.05) is 40.3 Å². The van der Waals surface area contributed by atoms with Crippen LogP contribution in [-0.4, -0.2) is 51.3 Å². The summed E-state index contributed by atoms with van der Waals surface area (Å²) in [7, 11) is 4.23. The molecule has 0 aromatic heterocycles. The molecule has 0 aliphatic carbocycles. The third-order valence-electron chi connectivity index (χ3n) is 3.81. The Morgan fingerprint density at radius 3 is 2.74 bits per heavy atom. The van der Waals surface area contributed by atoms with Gasteiger partial charge in [-0.2, -0.15) is 0 Å². The quantitative estimate of drug-likeness (QED) is 0.838. The van der Waals surface area contributed by atoms with E-state index in [1.807, 2.05) is 14.0 Å². The van der Waals surface area contributed by atoms with Crippen LogP contribution in [0.25, 0.3) is 0 Å². The Morgan fingerprint density at radius 2 is 2.16 bits per heavy atom. The molecule has 0 spiro atoms. The summed E-state index contributed by atoms with van der Waals surface area (Å²) in [5.41, 5.74) is 1.31. The predicted molar refractivity (Wildman–Crippen MR) is 78.7 cm³/mol. The zero-order valence-corrected chi connectivity index (χ0v) is 12.1. The van der Waals surface area contributed by atoms with E-state index < -0.39 is 0 Å². The summed E-state index contributed by atoms with van der Waals surface area (Å²) >= 11 is 0. The first-order valence-electron chi connectivity index (χ1n) is 7.07. The van der Waals surface area contributed by atoms with E-state index in [1.165, 1.54) is 5.56 Å². The van der Waals surface area contributed by atoms with Gasteiger partial charge in [0.25, 0.3) is 0 Å². The van der Waals surface area contributed by atoms with E-state index in [-0.39, 0.29) is 0 Å². The highest BCUT2D eigenvalue weighted by molar-refractivity contribution is 5.30. The summed E-state index contributed by atoms with van der Waals surface area (Å²) in [4.78, 5) is 2.42. The number of nitrogens with zero attached hydrogens (tertiary/aromatic N) is 1. The molecule has 2 unspecified atom stereocenters. The zero-order chi connectivity index (χ0) is 13.7. The number of benzene rings is 1. The van der Waals surface area contributed by atoms with Gasteiger partial charge >= 0.3 is 0 Å². The molecule has 0 saturated carbocycles. The van der Waals surface area contributed by atoms with Crippen LogP contribution in [-0.2, 0) is 0 Å². The Morgan fingerprint density at radius 1 is 1.42 bits per heavy atom. The van der Waals surface area contributed by atoms with Crippen molar-refractivity contribution in [2.45, 2.75) is 19.0 Å². The summed E-state index contributed by atoms with van der Waals surface area (Å²) in [5, 5.41) is 6.92. The second kappa shape index (κ2) is 6.89. The minimum Gasteiger partial charge on any atom is -0.494 e. The molecule has 1 aliphatic rings. The number of rotatable bonds is 5. The van der Waals surface area contributed by atoms with Crippen molar-refractivity contribution >= 4 is 0 Å². The van der Waals surface area contributed by atoms with Gasteiger partial charge in [-0.05, 0) is 38.7 Å². The van der Waals surface area contributed by atoms with Gasteiger partial charge in [-0.3, -0.25) is 4.90 Å². The normalized spacial score (nSPS) is 22.2. The molecule has 2 N–H and O–H groups in total. The van der Waals surface area contributed by atoms with Gasteiger partial charge in [0.1, 0.15) is 5.75 Å². The fraction of sp³-hybridized carbons (Fsp3) is 0.600. The maximum atomic E-state index is 5.50. The highest BCUT2D eigenvalue weighted by atomic mass is 16.5. The molecule has 19 heavy (non-hydrogen) atoms. The Balaban J connectivity index is 2.11. The van der Waals surface area contributed by atoms with Gasteiger partial charge in [0.2, 0.25) is 0 Å². The van der Waals surface area contributed by atoms with Crippen LogP contribution in [0.5, 0.6) is 5.75 Å². The van der Waals surface area contributed by atoms with Crippen LogP contribution in [0.4, 0.5) is 0 Å². The monoisotopic (exact) mass is 263 g/mol. The van der Waals surface area contributed by atoms with Crippen molar-refractivity contribution in [3.05, 3.63) is 29.8 Å². The lowest BCUT2D eigenvalue weighted by atomic mass is 9.97. The average molecular weight is 263 g/mol. The second-order valence-electron chi connectivity index (χ2n) is 5.02. The molecular formula is C15H25N3O. The van der Waals surface area contributed by atoms with Crippen LogP contribution in [0.3, 0.4) is 0 Å². The predicted octanol–water partition coefficient (Wildman–Crippen LogP) is 1.25. The highest BCUT2D eigenvalue weighted by Crippen LogP contribution is 2.23. The van der Waals surface area contributed by atoms with E-state index in [9.17, 15) is 0 Å². The van der Waals surface area contributed by atoms with Gasteiger partial charge in [0.05, 0.1) is 6.61 Å². The molecule has 0 bridgehead atoms. The van der Waals surface area contributed by atoms with E-state index in [0.29, 0.717) is 18.7 Å². The molecule has 2 atom stereocenters. The van der Waals surface area contributed by atoms with Gasteiger partial charge in [-0.15, -0.1) is 0 Å². The first-order chi connectivity index (χ1) is 9.26. The number of nitrogens with one attached hydrogen (secondary N) is 2. The average Bonchev–Trinajstić information content (AvgIpc) is 2.44. The molecule has 1 aliphatic heterocycles. The molecule has 1 saturated heterocycles. The molecule has 106 valence electrons. The van der Waals surface area contributed by atoms with Crippen LogP contribution in [0.2, 0.25) is 0 Å². The number of piperazine rings is 1. The highest BCUT2D eigenvalue weighted by Gasteiger charge is 2.27. The molecule has 1 aromatic rings. The Kier molecular flexibility index (Phi) is 5.19. The molecular weight excluding hydrogens is 238 g/mol. The molecule has 1 aromatic carbocycles. The van der Waals surface area contributed by atoms with Crippen molar-refractivity contribution in [2.24, 2.45) is 0 Å². The molecule has 0 radical (unpaired) electrons. The van der Waals surface area contributed by atoms with Gasteiger partial charge in [-0.1, -0.05) is 12.1 Å². The van der Waals surface area contributed by atoms with Crippen molar-refractivity contribution in [1.82, 2.24) is 15.5 Å². The van der Waals surface area contributed by atoms with E-state index >= 15 is 0 Å². The van der Waals surface area contributed by atoms with E-state index in [4.69, 9.17) is 4.74 Å². The zero-order valence-electron chi connectivity index (χ0n) is 12.1. The third-order valence-corrected chi connectivity index (χ3v) is 3.81. The summed E-state index contributed by atoms with van der Waals surface area (Å²) in [6.07, 6.45) is 0. The number of likely N-dealkylation sites (N-methyl/N-ethyl adjacent to an activating group) is 2. The fourth-order valence-corrected chi connectivity index (χ4v) is 2.72. The lowest BCUT2D eigenvalue weighted by Crippen LogP contribution is -2.54. The summed E-state index contributed by atoms with van der Waals surface area (Å²) in [6.45, 7) is 5.92. The molecule has 2 rings (SSSR count). The standard InChI is InChI=1S/C15H25N3O/c1-4-19-13-7-5-12(6-8-13)15(16-2)14-11-17-9-10-18(14)3/h5-8,14-17H,4,9-11H2,1-3H3. The fourth-order valence-electron chi connectivity index (χ4n) is 2.72. The van der Waals surface area contributed by atoms with Crippen molar-refractivity contribution < 1.29 is 4.74 Å². The summed E-state index contributed by atoms with van der Waals surface area (Å²) in [6, 6.07) is 9.26. The lowest BCUT2D eigenvalue weighted by molar-refractivity contribution is 0.162. The minimum atomic E-state index is 0.341. The Hall–Kier alpha value is -1.10. The largest absolute Gasteiger partial charge is 0.494 e. The van der Waals surface area contributed by atoms with E-state index in [0.717, 1.165) is 25.4 Å². The number of hydrogen-bond donors (Lipinski definition) is 2. The maximum Gasteiger partial charge on any atom is 0.119 e. The van der Waals surface area contributed by atoms with Crippen LogP contribution < -0.4 is 15.4 Å². The SMILES string of the molecule is CCOc1ccc(C(NC)C2CNCCN2C)cc1. The van der Waals surface area contributed by atoms with Crippen molar-refractivity contribution in [1.29, 1.82) is 0 Å². The summed E-state index contributed by atoms with van der Waals surface area (Å²) in [5.74, 6) is 0.941. The van der Waals surface area contributed by atoms with Crippen LogP contribution in [0, 0.1) is 0 Å². The van der Waals surface area contributed by atoms with Gasteiger partial charge in [0, 0.05) is 31.7 Å². The van der Waals surface area contributed by atoms with Gasteiger partial charge in [0.15, 0.2) is 0 Å². The minimum absolute atomic E-state index is 0.341. The number of ether oxygens (including phenoxy) is 1. The topological polar surface area (TPSA) is 36.5 Å². The van der Waals surface area contributed by atoms with E-state index in [1.54, 1.807) is 0 Å². The maximum absolute atomic E-state index is 5.50. The Bertz CT molecular complexity index is 379. The van der Waals surface area contributed by atoms with Crippen molar-refractivity contribution in [3.8, 4) is 5.75 Å². The van der Waals surface area contributed by atoms with Crippen LogP contribution in [0.15, 0.2) is 24.3 Å². The number of hydrogen-bond acceptors (Lipinski definition) is 4. The third kappa shape index (κ3) is 3.47. The molecule has 4 nitrogen and oxygen atoms in total.